The maximum Gasteiger partial charge on any atom is 0.330 e. The third kappa shape index (κ3) is 23.5. The number of methoxy groups -OCH3 is 1. The van der Waals surface area contributed by atoms with E-state index >= 15 is 0 Å². The molecule has 88 heavy (non-hydrogen) atoms. The van der Waals surface area contributed by atoms with Gasteiger partial charge in [-0.05, 0) is 119 Å². The van der Waals surface area contributed by atoms with E-state index in [9.17, 15) is 53.2 Å². The van der Waals surface area contributed by atoms with Crippen LogP contribution >= 0.6 is 23.5 Å². The molecule has 2 aliphatic carbocycles. The van der Waals surface area contributed by atoms with Gasteiger partial charge in [-0.1, -0.05) is 67.0 Å². The monoisotopic (exact) mass is 1250 g/mol. The molecule has 468 valence electrons. The van der Waals surface area contributed by atoms with E-state index in [0.29, 0.717) is 85.7 Å². The van der Waals surface area contributed by atoms with Gasteiger partial charge in [0.15, 0.2) is 0 Å². The Hall–Kier alpha value is -8.74. The second-order valence-electron chi connectivity index (χ2n) is 20.5. The first-order chi connectivity index (χ1) is 42.2. The topological polar surface area (TPSA) is 291 Å². The highest BCUT2D eigenvalue weighted by molar-refractivity contribution is 8.24. The van der Waals surface area contributed by atoms with E-state index in [0.717, 1.165) is 38.6 Å². The van der Waals surface area contributed by atoms with Crippen LogP contribution in [0.3, 0.4) is 0 Å². The summed E-state index contributed by atoms with van der Waals surface area (Å²) < 4.78 is 52.3. The zero-order chi connectivity index (χ0) is 64.1. The average molecular weight is 1250 g/mol. The number of hydrogen-bond donors (Lipinski definition) is 0. The summed E-state index contributed by atoms with van der Waals surface area (Å²) in [5.41, 5.74) is 2.70. The Morgan fingerprint density at radius 2 is 0.943 bits per heavy atom. The van der Waals surface area contributed by atoms with Crippen LogP contribution < -0.4 is 14.2 Å². The highest BCUT2D eigenvalue weighted by atomic mass is 32.2. The summed E-state index contributed by atoms with van der Waals surface area (Å²) in [6.07, 6.45) is 5.32. The third-order valence-electron chi connectivity index (χ3n) is 13.9. The maximum atomic E-state index is 13.1. The molecule has 0 bridgehead atoms. The molecule has 24 heteroatoms. The largest absolute Gasteiger partial charge is 0.469 e. The predicted octanol–water partition coefficient (Wildman–Crippen LogP) is 9.75. The van der Waals surface area contributed by atoms with Crippen molar-refractivity contribution in [1.82, 2.24) is 0 Å². The number of aryl methyl sites for hydroxylation is 1. The number of hydrogen-bond acceptors (Lipinski definition) is 23. The van der Waals surface area contributed by atoms with Crippen molar-refractivity contribution in [2.24, 2.45) is 23.7 Å². The zero-order valence-corrected chi connectivity index (χ0v) is 51.0. The van der Waals surface area contributed by atoms with Crippen LogP contribution in [0.1, 0.15) is 108 Å². The van der Waals surface area contributed by atoms with Crippen LogP contribution in [0.15, 0.2) is 106 Å². The molecule has 1 aliphatic heterocycles. The normalized spacial score (nSPS) is 17.7. The predicted molar refractivity (Wildman–Crippen MR) is 316 cm³/mol. The van der Waals surface area contributed by atoms with E-state index in [4.69, 9.17) is 53.9 Å². The van der Waals surface area contributed by atoms with E-state index < -0.39 is 48.0 Å². The van der Waals surface area contributed by atoms with Crippen LogP contribution in [0.25, 0.3) is 4.85 Å². The number of esters is 10. The molecule has 2 saturated carbocycles. The van der Waals surface area contributed by atoms with Gasteiger partial charge in [0.1, 0.15) is 42.7 Å². The molecule has 3 aromatic carbocycles. The van der Waals surface area contributed by atoms with Gasteiger partial charge in [0, 0.05) is 29.9 Å². The quantitative estimate of drug-likeness (QED) is 0.0171. The second kappa shape index (κ2) is 36.4. The van der Waals surface area contributed by atoms with Crippen LogP contribution in [-0.4, -0.2) is 105 Å². The standard InChI is InChI=1S/C37H36N2O10S2.C27H34O10/c1-5-30(40)47-23(3)21-46-32(42)17-16-31(41)45-19-18-24-7-13-27(14-8-24)48-35(43)25-9-11-26(12-10-25)36(44)49-29-15-6-22(2)33-34(29)51-37(50-33)28(20-38)39-4;1-4-23(28)36-18(2)17-35-25(30)14-13-24(29)34-16-15-19-5-11-22(12-6-19)37-27(32)21-9-7-20(8-10-21)26(31)33-3/h5-8,13-15,23,25-26H,1,9-12,16-19,21H2,2-3H3;4-6,11-12,18,20-21H,1,7-10,13-17H2,2-3H3/b37-28+;. The van der Waals surface area contributed by atoms with Crippen LogP contribution in [-0.2, 0) is 93.9 Å². The first kappa shape index (κ1) is 70.0. The van der Waals surface area contributed by atoms with Crippen molar-refractivity contribution in [3.8, 4) is 23.3 Å². The Kier molecular flexibility index (Phi) is 29.0. The molecule has 2 unspecified atom stereocenters. The first-order valence-electron chi connectivity index (χ1n) is 28.4. The van der Waals surface area contributed by atoms with E-state index in [2.05, 4.69) is 18.0 Å². The van der Waals surface area contributed by atoms with Crippen LogP contribution in [0.2, 0.25) is 0 Å². The minimum Gasteiger partial charge on any atom is -0.469 e. The molecule has 22 nitrogen and oxygen atoms in total. The van der Waals surface area contributed by atoms with Crippen molar-refractivity contribution < 1.29 is 95.3 Å². The number of fused-ring (bicyclic) bond motifs is 1. The number of ether oxygens (including phenoxy) is 10. The summed E-state index contributed by atoms with van der Waals surface area (Å²) >= 11 is 2.60. The van der Waals surface area contributed by atoms with Gasteiger partial charge < -0.3 is 47.4 Å². The average Bonchev–Trinajstić information content (AvgIpc) is 2.75. The lowest BCUT2D eigenvalue weighted by Crippen LogP contribution is -2.30. The van der Waals surface area contributed by atoms with Crippen molar-refractivity contribution in [3.05, 3.63) is 124 Å². The van der Waals surface area contributed by atoms with Gasteiger partial charge in [-0.15, -0.1) is 0 Å². The smallest absolute Gasteiger partial charge is 0.330 e. The van der Waals surface area contributed by atoms with Gasteiger partial charge in [-0.3, -0.25) is 38.4 Å². The molecule has 0 amide bonds. The van der Waals surface area contributed by atoms with Crippen LogP contribution in [0.4, 0.5) is 0 Å². The summed E-state index contributed by atoms with van der Waals surface area (Å²) in [6, 6.07) is 19.3. The fraction of sp³-hybridized carbons (Fsp3) is 0.438. The molecule has 0 N–H and O–H groups in total. The zero-order valence-electron chi connectivity index (χ0n) is 49.4. The molecular formula is C64H70N2O20S2. The molecule has 3 aromatic rings. The number of benzene rings is 3. The van der Waals surface area contributed by atoms with E-state index in [-0.39, 0.29) is 105 Å². The van der Waals surface area contributed by atoms with E-state index in [1.54, 1.807) is 68.4 Å². The van der Waals surface area contributed by atoms with Crippen molar-refractivity contribution in [1.29, 1.82) is 5.26 Å². The molecule has 1 heterocycles. The van der Waals surface area contributed by atoms with Gasteiger partial charge >= 0.3 is 59.7 Å². The highest BCUT2D eigenvalue weighted by Gasteiger charge is 2.35. The highest BCUT2D eigenvalue weighted by Crippen LogP contribution is 2.57. The summed E-state index contributed by atoms with van der Waals surface area (Å²) in [5.74, 6) is -4.74. The van der Waals surface area contributed by atoms with Gasteiger partial charge in [0.2, 0.25) is 0 Å². The molecular weight excluding hydrogens is 1180 g/mol. The minimum atomic E-state index is -0.641. The van der Waals surface area contributed by atoms with E-state index in [1.807, 2.05) is 19.1 Å². The number of allylic oxidation sites excluding steroid dienone is 1. The molecule has 6 rings (SSSR count). The number of nitriles is 1. The van der Waals surface area contributed by atoms with Crippen molar-refractivity contribution in [3.63, 3.8) is 0 Å². The molecule has 0 radical (unpaired) electrons. The fourth-order valence-electron chi connectivity index (χ4n) is 8.95. The number of nitrogens with zero attached hydrogens (tertiary/aromatic N) is 2. The molecule has 0 aromatic heterocycles. The van der Waals surface area contributed by atoms with E-state index in [1.165, 1.54) is 30.6 Å². The van der Waals surface area contributed by atoms with Crippen molar-refractivity contribution in [2.75, 3.05) is 33.5 Å². The molecule has 0 saturated heterocycles. The number of rotatable bonds is 27. The van der Waals surface area contributed by atoms with Crippen molar-refractivity contribution in [2.45, 2.75) is 133 Å². The van der Waals surface area contributed by atoms with Gasteiger partial charge in [0.25, 0.3) is 5.70 Å². The summed E-state index contributed by atoms with van der Waals surface area (Å²) in [7, 11) is 1.37. The summed E-state index contributed by atoms with van der Waals surface area (Å²) in [4.78, 5) is 125. The number of carbonyl (C=O) groups excluding carboxylic acids is 10. The summed E-state index contributed by atoms with van der Waals surface area (Å²) in [5, 5.41) is 9.28. The lowest BCUT2D eigenvalue weighted by molar-refractivity contribution is -0.156. The van der Waals surface area contributed by atoms with Gasteiger partial charge in [0.05, 0.1) is 91.5 Å². The van der Waals surface area contributed by atoms with Crippen LogP contribution in [0.5, 0.6) is 17.2 Å². The molecule has 3 aliphatic rings. The van der Waals surface area contributed by atoms with Gasteiger partial charge in [-0.25, -0.2) is 19.7 Å². The summed E-state index contributed by atoms with van der Waals surface area (Å²) in [6.45, 7) is 18.8. The Morgan fingerprint density at radius 1 is 0.568 bits per heavy atom. The van der Waals surface area contributed by atoms with Crippen LogP contribution in [0, 0.1) is 48.5 Å². The Balaban J connectivity index is 0.000000338. The number of thioether (sulfide) groups is 2. The molecule has 2 atom stereocenters. The maximum absolute atomic E-state index is 13.1. The van der Waals surface area contributed by atoms with Gasteiger partial charge in [-0.2, -0.15) is 0 Å². The molecule has 2 fully saturated rings. The fourth-order valence-corrected chi connectivity index (χ4v) is 11.5. The first-order valence-corrected chi connectivity index (χ1v) is 30.1. The number of carbonyl (C=O) groups is 10. The Morgan fingerprint density at radius 3 is 1.32 bits per heavy atom. The Bertz CT molecular complexity index is 3110. The SMILES string of the molecule is C=CC(=O)OC(C)COC(=O)CCC(=O)OCCc1ccc(OC(=O)C2CCC(C(=O)OC)CC2)cc1.[C-]#[N+]/C(C#N)=C1\Sc2c(C)ccc(OC(=O)C3CCC(C(=O)Oc4ccc(CCOC(=O)CCC(=O)OCC(C)OC(=O)C=C)cc4)CC3)c2S1. The second-order valence-corrected chi connectivity index (χ2v) is 22.8. The molecule has 0 spiro atoms. The Labute approximate surface area is 518 Å². The third-order valence-corrected chi connectivity index (χ3v) is 16.6. The van der Waals surface area contributed by atoms with Crippen molar-refractivity contribution >= 4 is 83.2 Å². The minimum absolute atomic E-state index is 0.00634. The lowest BCUT2D eigenvalue weighted by Gasteiger charge is -2.26. The lowest BCUT2D eigenvalue weighted by atomic mass is 9.82.